The van der Waals surface area contributed by atoms with E-state index in [1.807, 2.05) is 12.1 Å². The lowest BCUT2D eigenvalue weighted by molar-refractivity contribution is 0.0923. The normalized spacial score (nSPS) is 26.7. The molecule has 3 aliphatic rings. The van der Waals surface area contributed by atoms with Gasteiger partial charge in [0.1, 0.15) is 0 Å². The van der Waals surface area contributed by atoms with Crippen LogP contribution in [0.2, 0.25) is 0 Å². The molecule has 3 heteroatoms. The molecule has 5 rings (SSSR count). The Morgan fingerprint density at radius 3 is 2.30 bits per heavy atom. The predicted molar refractivity (Wildman–Crippen MR) is 121 cm³/mol. The molecule has 0 aromatic heterocycles. The van der Waals surface area contributed by atoms with Crippen molar-refractivity contribution in [1.29, 1.82) is 0 Å². The van der Waals surface area contributed by atoms with Crippen LogP contribution in [-0.2, 0) is 13.0 Å². The summed E-state index contributed by atoms with van der Waals surface area (Å²) in [7, 11) is 0. The predicted octanol–water partition coefficient (Wildman–Crippen LogP) is 5.06. The number of benzene rings is 2. The first kappa shape index (κ1) is 19.8. The van der Waals surface area contributed by atoms with Gasteiger partial charge in [-0.25, -0.2) is 0 Å². The summed E-state index contributed by atoms with van der Waals surface area (Å²) in [5.41, 5.74) is 3.59. The van der Waals surface area contributed by atoms with E-state index in [0.29, 0.717) is 6.04 Å². The average Bonchev–Trinajstić information content (AvgIpc) is 3.40. The molecule has 1 amide bonds. The van der Waals surface area contributed by atoms with E-state index in [0.717, 1.165) is 29.9 Å². The molecule has 0 radical (unpaired) electrons. The van der Waals surface area contributed by atoms with Gasteiger partial charge in [-0.15, -0.1) is 0 Å². The van der Waals surface area contributed by atoms with E-state index in [4.69, 9.17) is 0 Å². The van der Waals surface area contributed by atoms with Gasteiger partial charge in [-0.3, -0.25) is 9.69 Å². The standard InChI is InChI=1S/C27H34N2O/c30-27(28-26-18-23-8-11-25(26)17-23)24-9-6-22(7-10-24)19-29-14-12-21(13-15-29)16-20-4-2-1-3-5-20/h1-7,9-10,21,23,25-26H,8,11-19H2,(H,28,30)/t23-,25-,26-/m0/s1. The Bertz CT molecular complexity index is 839. The van der Waals surface area contributed by atoms with Gasteiger partial charge in [-0.2, -0.15) is 0 Å². The van der Waals surface area contributed by atoms with Crippen molar-refractivity contribution >= 4 is 5.91 Å². The molecule has 2 aliphatic carbocycles. The summed E-state index contributed by atoms with van der Waals surface area (Å²) < 4.78 is 0. The minimum Gasteiger partial charge on any atom is -0.349 e. The second-order valence-corrected chi connectivity index (χ2v) is 9.86. The van der Waals surface area contributed by atoms with Crippen LogP contribution in [0.25, 0.3) is 0 Å². The van der Waals surface area contributed by atoms with E-state index in [-0.39, 0.29) is 5.91 Å². The van der Waals surface area contributed by atoms with Gasteiger partial charge < -0.3 is 5.32 Å². The van der Waals surface area contributed by atoms with Crippen LogP contribution in [0.5, 0.6) is 0 Å². The monoisotopic (exact) mass is 402 g/mol. The molecule has 1 aliphatic heterocycles. The summed E-state index contributed by atoms with van der Waals surface area (Å²) in [5.74, 6) is 2.50. The second-order valence-electron chi connectivity index (χ2n) is 9.86. The molecule has 1 N–H and O–H groups in total. The van der Waals surface area contributed by atoms with Gasteiger partial charge in [0, 0.05) is 18.2 Å². The Hall–Kier alpha value is -2.13. The number of carbonyl (C=O) groups excluding carboxylic acids is 1. The first-order valence-electron chi connectivity index (χ1n) is 11.9. The van der Waals surface area contributed by atoms with E-state index in [2.05, 4.69) is 52.7 Å². The van der Waals surface area contributed by atoms with Crippen molar-refractivity contribution in [1.82, 2.24) is 10.2 Å². The minimum atomic E-state index is 0.112. The minimum absolute atomic E-state index is 0.112. The van der Waals surface area contributed by atoms with Crippen LogP contribution in [0.15, 0.2) is 54.6 Å². The first-order chi connectivity index (χ1) is 14.7. The van der Waals surface area contributed by atoms with Gasteiger partial charge in [-0.1, -0.05) is 48.9 Å². The molecular weight excluding hydrogens is 368 g/mol. The summed E-state index contributed by atoms with van der Waals surface area (Å²) >= 11 is 0. The van der Waals surface area contributed by atoms with E-state index < -0.39 is 0 Å². The Labute approximate surface area is 180 Å². The van der Waals surface area contributed by atoms with Gasteiger partial charge >= 0.3 is 0 Å². The third-order valence-corrected chi connectivity index (χ3v) is 7.75. The molecule has 3 nitrogen and oxygen atoms in total. The van der Waals surface area contributed by atoms with E-state index in [1.165, 1.54) is 69.2 Å². The topological polar surface area (TPSA) is 32.3 Å². The number of fused-ring (bicyclic) bond motifs is 2. The summed E-state index contributed by atoms with van der Waals surface area (Å²) in [6, 6.07) is 19.6. The smallest absolute Gasteiger partial charge is 0.251 e. The van der Waals surface area contributed by atoms with Crippen molar-refractivity contribution in [3.05, 3.63) is 71.3 Å². The maximum absolute atomic E-state index is 12.6. The number of carbonyl (C=O) groups is 1. The van der Waals surface area contributed by atoms with Crippen LogP contribution < -0.4 is 5.32 Å². The molecule has 2 aromatic carbocycles. The molecule has 0 unspecified atom stereocenters. The van der Waals surface area contributed by atoms with Crippen LogP contribution in [0.4, 0.5) is 0 Å². The molecule has 2 bridgehead atoms. The van der Waals surface area contributed by atoms with Gasteiger partial charge in [0.05, 0.1) is 0 Å². The Morgan fingerprint density at radius 1 is 0.867 bits per heavy atom. The highest BCUT2D eigenvalue weighted by Gasteiger charge is 2.40. The molecule has 1 saturated heterocycles. The SMILES string of the molecule is O=C(N[C@H]1C[C@H]2CC[C@H]1C2)c1ccc(CN2CCC(Cc3ccccc3)CC2)cc1. The second kappa shape index (κ2) is 8.93. The van der Waals surface area contributed by atoms with E-state index >= 15 is 0 Å². The van der Waals surface area contributed by atoms with Crippen LogP contribution in [0.1, 0.15) is 60.0 Å². The third kappa shape index (κ3) is 4.62. The number of amides is 1. The number of rotatable bonds is 6. The van der Waals surface area contributed by atoms with Crippen molar-refractivity contribution in [2.45, 2.75) is 57.5 Å². The van der Waals surface area contributed by atoms with Gasteiger partial charge in [0.15, 0.2) is 0 Å². The molecule has 3 fully saturated rings. The number of nitrogens with one attached hydrogen (secondary N) is 1. The number of piperidine rings is 1. The van der Waals surface area contributed by atoms with Crippen molar-refractivity contribution in [2.75, 3.05) is 13.1 Å². The maximum Gasteiger partial charge on any atom is 0.251 e. The molecule has 3 atom stereocenters. The molecular formula is C27H34N2O. The Morgan fingerprint density at radius 2 is 1.63 bits per heavy atom. The molecule has 1 heterocycles. The fourth-order valence-electron chi connectivity index (χ4n) is 5.99. The Balaban J connectivity index is 1.08. The van der Waals surface area contributed by atoms with Crippen molar-refractivity contribution < 1.29 is 4.79 Å². The molecule has 0 spiro atoms. The zero-order valence-electron chi connectivity index (χ0n) is 17.9. The van der Waals surface area contributed by atoms with E-state index in [1.54, 1.807) is 0 Å². The van der Waals surface area contributed by atoms with Crippen LogP contribution in [0, 0.1) is 17.8 Å². The van der Waals surface area contributed by atoms with Crippen molar-refractivity contribution in [3.8, 4) is 0 Å². The van der Waals surface area contributed by atoms with E-state index in [9.17, 15) is 4.79 Å². The van der Waals surface area contributed by atoms with Crippen LogP contribution in [0.3, 0.4) is 0 Å². The quantitative estimate of drug-likeness (QED) is 0.732. The van der Waals surface area contributed by atoms with Crippen molar-refractivity contribution in [2.24, 2.45) is 17.8 Å². The number of nitrogens with zero attached hydrogens (tertiary/aromatic N) is 1. The first-order valence-corrected chi connectivity index (χ1v) is 11.9. The zero-order chi connectivity index (χ0) is 20.3. The van der Waals surface area contributed by atoms with Crippen LogP contribution in [-0.4, -0.2) is 29.9 Å². The molecule has 30 heavy (non-hydrogen) atoms. The van der Waals surface area contributed by atoms with Gasteiger partial charge in [0.2, 0.25) is 0 Å². The molecule has 158 valence electrons. The lowest BCUT2D eigenvalue weighted by atomic mass is 9.90. The molecule has 2 saturated carbocycles. The van der Waals surface area contributed by atoms with Crippen LogP contribution >= 0.6 is 0 Å². The largest absolute Gasteiger partial charge is 0.349 e. The lowest BCUT2D eigenvalue weighted by Gasteiger charge is -2.32. The summed E-state index contributed by atoms with van der Waals surface area (Å²) in [5, 5.41) is 3.30. The van der Waals surface area contributed by atoms with Crippen molar-refractivity contribution in [3.63, 3.8) is 0 Å². The summed E-state index contributed by atoms with van der Waals surface area (Å²) in [6.07, 6.45) is 8.95. The van der Waals surface area contributed by atoms with Gasteiger partial charge in [-0.05, 0) is 92.6 Å². The average molecular weight is 403 g/mol. The lowest BCUT2D eigenvalue weighted by Crippen LogP contribution is -2.38. The fourth-order valence-corrected chi connectivity index (χ4v) is 5.99. The highest BCUT2D eigenvalue weighted by atomic mass is 16.1. The third-order valence-electron chi connectivity index (χ3n) is 7.75. The molecule has 2 aromatic rings. The number of hydrogen-bond acceptors (Lipinski definition) is 2. The number of likely N-dealkylation sites (tertiary alicyclic amines) is 1. The highest BCUT2D eigenvalue weighted by Crippen LogP contribution is 2.44. The highest BCUT2D eigenvalue weighted by molar-refractivity contribution is 5.94. The van der Waals surface area contributed by atoms with Gasteiger partial charge in [0.25, 0.3) is 5.91 Å². The number of hydrogen-bond donors (Lipinski definition) is 1. The Kier molecular flexibility index (Phi) is 5.90. The fraction of sp³-hybridized carbons (Fsp3) is 0.519. The maximum atomic E-state index is 12.6. The summed E-state index contributed by atoms with van der Waals surface area (Å²) in [4.78, 5) is 15.2. The summed E-state index contributed by atoms with van der Waals surface area (Å²) in [6.45, 7) is 3.33. The zero-order valence-corrected chi connectivity index (χ0v) is 17.9.